The smallest absolute Gasteiger partial charge is 0.281 e. The zero-order valence-corrected chi connectivity index (χ0v) is 15.1. The summed E-state index contributed by atoms with van der Waals surface area (Å²) in [5, 5.41) is 0.882. The van der Waals surface area contributed by atoms with E-state index in [4.69, 9.17) is 4.74 Å². The van der Waals surface area contributed by atoms with Crippen molar-refractivity contribution in [1.82, 2.24) is 15.8 Å². The van der Waals surface area contributed by atoms with Crippen LogP contribution >= 0.6 is 11.3 Å². The summed E-state index contributed by atoms with van der Waals surface area (Å²) in [6, 6.07) is 5.79. The topological polar surface area (TPSA) is 80.3 Å². The van der Waals surface area contributed by atoms with Crippen LogP contribution in [0.2, 0.25) is 0 Å². The molecule has 2 amide bonds. The van der Waals surface area contributed by atoms with Gasteiger partial charge in [0, 0.05) is 0 Å². The van der Waals surface area contributed by atoms with Gasteiger partial charge in [-0.15, -0.1) is 11.3 Å². The average molecular weight is 365 g/mol. The van der Waals surface area contributed by atoms with E-state index in [-0.39, 0.29) is 5.75 Å². The first-order valence-electron chi connectivity index (χ1n) is 7.90. The maximum absolute atomic E-state index is 13.5. The van der Waals surface area contributed by atoms with Crippen molar-refractivity contribution in [2.75, 3.05) is 0 Å². The lowest BCUT2D eigenvalue weighted by Crippen LogP contribution is -2.47. The second-order valence-electron chi connectivity index (χ2n) is 5.41. The van der Waals surface area contributed by atoms with Crippen molar-refractivity contribution in [3.63, 3.8) is 0 Å². The molecular weight excluding hydrogens is 345 g/mol. The second-order valence-corrected chi connectivity index (χ2v) is 6.49. The summed E-state index contributed by atoms with van der Waals surface area (Å²) < 4.78 is 18.8. The molecule has 1 heterocycles. The van der Waals surface area contributed by atoms with Gasteiger partial charge in [0.15, 0.2) is 17.7 Å². The minimum Gasteiger partial charge on any atom is -0.478 e. The van der Waals surface area contributed by atoms with Crippen LogP contribution in [-0.4, -0.2) is 22.9 Å². The fourth-order valence-corrected chi connectivity index (χ4v) is 3.11. The predicted molar refractivity (Wildman–Crippen MR) is 92.9 cm³/mol. The number of carbonyl (C=O) groups excluding carboxylic acids is 2. The highest BCUT2D eigenvalue weighted by atomic mass is 32.1. The molecule has 0 aliphatic heterocycles. The maximum Gasteiger partial charge on any atom is 0.281 e. The maximum atomic E-state index is 13.5. The van der Waals surface area contributed by atoms with Crippen LogP contribution in [0.1, 0.15) is 40.6 Å². The van der Waals surface area contributed by atoms with E-state index >= 15 is 0 Å². The van der Waals surface area contributed by atoms with Crippen molar-refractivity contribution in [2.45, 2.75) is 39.7 Å². The van der Waals surface area contributed by atoms with Crippen LogP contribution < -0.4 is 15.6 Å². The molecule has 134 valence electrons. The van der Waals surface area contributed by atoms with Crippen LogP contribution in [0.5, 0.6) is 5.75 Å². The molecule has 0 spiro atoms. The van der Waals surface area contributed by atoms with Gasteiger partial charge < -0.3 is 4.74 Å². The first-order valence-corrected chi connectivity index (χ1v) is 8.71. The van der Waals surface area contributed by atoms with Gasteiger partial charge >= 0.3 is 0 Å². The van der Waals surface area contributed by atoms with Crippen LogP contribution in [0.25, 0.3) is 0 Å². The monoisotopic (exact) mass is 365 g/mol. The fraction of sp³-hybridized carbons (Fsp3) is 0.353. The molecule has 6 nitrogen and oxygen atoms in total. The van der Waals surface area contributed by atoms with Gasteiger partial charge in [-0.05, 0) is 38.8 Å². The van der Waals surface area contributed by atoms with Crippen LogP contribution in [0.4, 0.5) is 4.39 Å². The lowest BCUT2D eigenvalue weighted by atomic mass is 10.3. The molecule has 25 heavy (non-hydrogen) atoms. The summed E-state index contributed by atoms with van der Waals surface area (Å²) in [5.41, 5.74) is 5.24. The molecule has 1 atom stereocenters. The van der Waals surface area contributed by atoms with Gasteiger partial charge in [0.25, 0.3) is 11.8 Å². The number of hydrogen-bond donors (Lipinski definition) is 2. The molecule has 1 unspecified atom stereocenters. The van der Waals surface area contributed by atoms with E-state index in [2.05, 4.69) is 15.8 Å². The Morgan fingerprint density at radius 3 is 2.72 bits per heavy atom. The third-order valence-electron chi connectivity index (χ3n) is 3.32. The number of aryl methyl sites for hydroxylation is 2. The Morgan fingerprint density at radius 2 is 2.04 bits per heavy atom. The number of hydrazine groups is 1. The molecule has 8 heteroatoms. The molecule has 1 aromatic carbocycles. The number of amides is 2. The predicted octanol–water partition coefficient (Wildman–Crippen LogP) is 2.77. The van der Waals surface area contributed by atoms with Crippen molar-refractivity contribution >= 4 is 23.2 Å². The SMILES string of the molecule is CCCc1nc(C)c(C(=O)NNC(=O)C(C)Oc2ccccc2F)s1. The van der Waals surface area contributed by atoms with Crippen molar-refractivity contribution < 1.29 is 18.7 Å². The van der Waals surface area contributed by atoms with Gasteiger partial charge in [-0.3, -0.25) is 20.4 Å². The number of benzene rings is 1. The van der Waals surface area contributed by atoms with Gasteiger partial charge in [-0.2, -0.15) is 0 Å². The summed E-state index contributed by atoms with van der Waals surface area (Å²) in [4.78, 5) is 28.9. The fourth-order valence-electron chi connectivity index (χ4n) is 2.04. The van der Waals surface area contributed by atoms with E-state index in [1.807, 2.05) is 6.92 Å². The zero-order valence-electron chi connectivity index (χ0n) is 14.3. The summed E-state index contributed by atoms with van der Waals surface area (Å²) in [6.45, 7) is 5.25. The van der Waals surface area contributed by atoms with E-state index in [9.17, 15) is 14.0 Å². The molecule has 2 N–H and O–H groups in total. The molecule has 1 aromatic heterocycles. The number of rotatable bonds is 6. The van der Waals surface area contributed by atoms with Crippen LogP contribution in [0.3, 0.4) is 0 Å². The molecular formula is C17H20FN3O3S. The summed E-state index contributed by atoms with van der Waals surface area (Å²) in [5.74, 6) is -1.62. The number of thiazole rings is 1. The van der Waals surface area contributed by atoms with E-state index < -0.39 is 23.7 Å². The lowest BCUT2D eigenvalue weighted by Gasteiger charge is -2.15. The minimum absolute atomic E-state index is 0.0287. The highest BCUT2D eigenvalue weighted by molar-refractivity contribution is 7.13. The number of para-hydroxylation sites is 1. The molecule has 2 rings (SSSR count). The minimum atomic E-state index is -0.976. The third-order valence-corrected chi connectivity index (χ3v) is 4.54. The van der Waals surface area contributed by atoms with Crippen LogP contribution in [0.15, 0.2) is 24.3 Å². The number of aromatic nitrogens is 1. The zero-order chi connectivity index (χ0) is 18.4. The largest absolute Gasteiger partial charge is 0.478 e. The van der Waals surface area contributed by atoms with E-state index in [1.165, 1.54) is 36.5 Å². The van der Waals surface area contributed by atoms with Crippen molar-refractivity contribution in [1.29, 1.82) is 0 Å². The van der Waals surface area contributed by atoms with Gasteiger partial charge in [0.2, 0.25) is 0 Å². The average Bonchev–Trinajstić information content (AvgIpc) is 2.95. The quantitative estimate of drug-likeness (QED) is 0.772. The first kappa shape index (κ1) is 18.9. The van der Waals surface area contributed by atoms with Crippen molar-refractivity contribution in [3.8, 4) is 5.75 Å². The Bertz CT molecular complexity index is 763. The third kappa shape index (κ3) is 4.99. The number of nitrogens with one attached hydrogen (secondary N) is 2. The van der Waals surface area contributed by atoms with Crippen LogP contribution in [0, 0.1) is 12.7 Å². The summed E-state index contributed by atoms with van der Waals surface area (Å²) in [7, 11) is 0. The Labute approximate surface area is 149 Å². The molecule has 0 bridgehead atoms. The van der Waals surface area contributed by atoms with E-state index in [0.29, 0.717) is 10.6 Å². The molecule has 0 saturated carbocycles. The highest BCUT2D eigenvalue weighted by Crippen LogP contribution is 2.19. The number of nitrogens with zero attached hydrogens (tertiary/aromatic N) is 1. The lowest BCUT2D eigenvalue weighted by molar-refractivity contribution is -0.128. The van der Waals surface area contributed by atoms with E-state index in [1.54, 1.807) is 13.0 Å². The molecule has 2 aromatic rings. The summed E-state index contributed by atoms with van der Waals surface area (Å²) in [6.07, 6.45) is 0.768. The number of hydrogen-bond acceptors (Lipinski definition) is 5. The molecule has 0 fully saturated rings. The molecule has 0 saturated heterocycles. The summed E-state index contributed by atoms with van der Waals surface area (Å²) >= 11 is 1.30. The van der Waals surface area contributed by atoms with Gasteiger partial charge in [-0.25, -0.2) is 9.37 Å². The second kappa shape index (κ2) is 8.57. The molecule has 0 radical (unpaired) electrons. The Balaban J connectivity index is 1.90. The first-order chi connectivity index (χ1) is 11.9. The number of carbonyl (C=O) groups is 2. The Kier molecular flexibility index (Phi) is 6.46. The highest BCUT2D eigenvalue weighted by Gasteiger charge is 2.19. The van der Waals surface area contributed by atoms with Gasteiger partial charge in [0.1, 0.15) is 4.88 Å². The number of halogens is 1. The Morgan fingerprint density at radius 1 is 1.32 bits per heavy atom. The standard InChI is InChI=1S/C17H20FN3O3S/c1-4-7-14-19-10(2)15(25-14)17(23)21-20-16(22)11(3)24-13-9-6-5-8-12(13)18/h5-6,8-9,11H,4,7H2,1-3H3,(H,20,22)(H,21,23). The van der Waals surface area contributed by atoms with Crippen molar-refractivity contribution in [2.24, 2.45) is 0 Å². The van der Waals surface area contributed by atoms with Gasteiger partial charge in [0.05, 0.1) is 10.7 Å². The van der Waals surface area contributed by atoms with Crippen molar-refractivity contribution in [3.05, 3.63) is 45.7 Å². The number of ether oxygens (including phenoxy) is 1. The Hall–Kier alpha value is -2.48. The van der Waals surface area contributed by atoms with Gasteiger partial charge in [-0.1, -0.05) is 19.1 Å². The normalized spacial score (nSPS) is 11.7. The molecule has 0 aliphatic rings. The van der Waals surface area contributed by atoms with E-state index in [0.717, 1.165) is 17.8 Å². The van der Waals surface area contributed by atoms with Crippen LogP contribution in [-0.2, 0) is 11.2 Å². The molecule has 0 aliphatic carbocycles.